The minimum atomic E-state index is 0.343. The third-order valence-corrected chi connectivity index (χ3v) is 4.09. The molecule has 0 bridgehead atoms. The molecule has 136 valence electrons. The Labute approximate surface area is 154 Å². The first-order valence-electron chi connectivity index (χ1n) is 8.63. The Kier molecular flexibility index (Phi) is 7.25. The number of aliphatic imine (C=N–C) groups is 1. The van der Waals surface area contributed by atoms with Gasteiger partial charge in [0.15, 0.2) is 5.96 Å². The summed E-state index contributed by atoms with van der Waals surface area (Å²) in [5.74, 6) is 2.43. The Morgan fingerprint density at radius 1 is 1.32 bits per heavy atom. The van der Waals surface area contributed by atoms with Gasteiger partial charge in [-0.3, -0.25) is 4.99 Å². The summed E-state index contributed by atoms with van der Waals surface area (Å²) in [6, 6.07) is 7.74. The van der Waals surface area contributed by atoms with Crippen molar-refractivity contribution in [3.63, 3.8) is 0 Å². The van der Waals surface area contributed by atoms with Crippen LogP contribution in [0, 0.1) is 5.92 Å². The number of aromatic nitrogens is 2. The lowest BCUT2D eigenvalue weighted by molar-refractivity contribution is 0.380. The molecule has 0 amide bonds. The van der Waals surface area contributed by atoms with Crippen molar-refractivity contribution in [3.05, 3.63) is 35.2 Å². The molecule has 0 saturated carbocycles. The van der Waals surface area contributed by atoms with E-state index in [1.54, 1.807) is 0 Å². The Balaban J connectivity index is 1.95. The average Bonchev–Trinajstić information content (AvgIpc) is 3.04. The molecule has 2 aromatic rings. The van der Waals surface area contributed by atoms with Crippen molar-refractivity contribution < 1.29 is 4.52 Å². The van der Waals surface area contributed by atoms with E-state index < -0.39 is 0 Å². The van der Waals surface area contributed by atoms with Crippen molar-refractivity contribution in [1.82, 2.24) is 20.8 Å². The van der Waals surface area contributed by atoms with Crippen molar-refractivity contribution in [3.8, 4) is 11.4 Å². The summed E-state index contributed by atoms with van der Waals surface area (Å²) in [6.07, 6.45) is 0.584. The largest absolute Gasteiger partial charge is 0.357 e. The summed E-state index contributed by atoms with van der Waals surface area (Å²) in [7, 11) is 0. The fraction of sp³-hybridized carbons (Fsp3) is 0.500. The van der Waals surface area contributed by atoms with Gasteiger partial charge in [-0.2, -0.15) is 4.98 Å². The molecule has 1 aromatic carbocycles. The predicted octanol–water partition coefficient (Wildman–Crippen LogP) is 3.53. The second-order valence-electron chi connectivity index (χ2n) is 6.21. The molecule has 1 heterocycles. The molecule has 0 aliphatic rings. The SMILES string of the molecule is CCNC(=NCCc1nc(-c2cccc(Cl)c2)no1)NC(C)C(C)C. The van der Waals surface area contributed by atoms with E-state index in [0.717, 1.165) is 18.1 Å². The normalized spacial score (nSPS) is 13.1. The summed E-state index contributed by atoms with van der Waals surface area (Å²) in [5.41, 5.74) is 0.840. The Hall–Kier alpha value is -2.08. The van der Waals surface area contributed by atoms with Crippen LogP contribution in [0.5, 0.6) is 0 Å². The lowest BCUT2D eigenvalue weighted by Crippen LogP contribution is -2.44. The van der Waals surface area contributed by atoms with E-state index in [-0.39, 0.29) is 0 Å². The van der Waals surface area contributed by atoms with Gasteiger partial charge in [-0.05, 0) is 31.9 Å². The van der Waals surface area contributed by atoms with Gasteiger partial charge >= 0.3 is 0 Å². The Morgan fingerprint density at radius 2 is 2.12 bits per heavy atom. The summed E-state index contributed by atoms with van der Waals surface area (Å²) >= 11 is 6.00. The number of hydrogen-bond donors (Lipinski definition) is 2. The highest BCUT2D eigenvalue weighted by Gasteiger charge is 2.10. The number of hydrogen-bond acceptors (Lipinski definition) is 4. The van der Waals surface area contributed by atoms with Gasteiger partial charge in [0.25, 0.3) is 0 Å². The van der Waals surface area contributed by atoms with E-state index in [4.69, 9.17) is 16.1 Å². The Morgan fingerprint density at radius 3 is 2.80 bits per heavy atom. The lowest BCUT2D eigenvalue weighted by Gasteiger charge is -2.20. The molecule has 2 N–H and O–H groups in total. The summed E-state index contributed by atoms with van der Waals surface area (Å²) < 4.78 is 5.31. The maximum absolute atomic E-state index is 6.00. The number of nitrogens with zero attached hydrogens (tertiary/aromatic N) is 3. The Bertz CT molecular complexity index is 698. The molecule has 0 radical (unpaired) electrons. The van der Waals surface area contributed by atoms with Crippen molar-refractivity contribution in [2.45, 2.75) is 40.2 Å². The van der Waals surface area contributed by atoms with Crippen molar-refractivity contribution in [2.75, 3.05) is 13.1 Å². The molecule has 1 unspecified atom stereocenters. The van der Waals surface area contributed by atoms with E-state index in [2.05, 4.69) is 46.5 Å². The number of benzene rings is 1. The smallest absolute Gasteiger partial charge is 0.228 e. The molecule has 7 heteroatoms. The first-order chi connectivity index (χ1) is 12.0. The first-order valence-corrected chi connectivity index (χ1v) is 9.00. The maximum Gasteiger partial charge on any atom is 0.228 e. The minimum Gasteiger partial charge on any atom is -0.357 e. The third kappa shape index (κ3) is 6.05. The van der Waals surface area contributed by atoms with Crippen LogP contribution in [0.3, 0.4) is 0 Å². The predicted molar refractivity (Wildman–Crippen MR) is 102 cm³/mol. The van der Waals surface area contributed by atoms with E-state index in [1.807, 2.05) is 31.2 Å². The number of guanidine groups is 1. The summed E-state index contributed by atoms with van der Waals surface area (Å²) in [6.45, 7) is 9.93. The van der Waals surface area contributed by atoms with Crippen molar-refractivity contribution in [1.29, 1.82) is 0 Å². The number of halogens is 1. The van der Waals surface area contributed by atoms with Gasteiger partial charge in [-0.25, -0.2) is 0 Å². The second-order valence-corrected chi connectivity index (χ2v) is 6.65. The van der Waals surface area contributed by atoms with Gasteiger partial charge in [-0.1, -0.05) is 42.7 Å². The number of nitrogens with one attached hydrogen (secondary N) is 2. The van der Waals surface area contributed by atoms with Gasteiger partial charge in [-0.15, -0.1) is 0 Å². The zero-order chi connectivity index (χ0) is 18.2. The van der Waals surface area contributed by atoms with Gasteiger partial charge in [0.05, 0.1) is 6.54 Å². The molecule has 0 aliphatic heterocycles. The van der Waals surface area contributed by atoms with E-state index in [1.165, 1.54) is 0 Å². The van der Waals surface area contributed by atoms with Crippen LogP contribution >= 0.6 is 11.6 Å². The van der Waals surface area contributed by atoms with E-state index >= 15 is 0 Å². The van der Waals surface area contributed by atoms with Gasteiger partial charge in [0.2, 0.25) is 11.7 Å². The molecule has 0 aliphatic carbocycles. The molecule has 0 saturated heterocycles. The molecule has 6 nitrogen and oxygen atoms in total. The fourth-order valence-corrected chi connectivity index (χ4v) is 2.26. The fourth-order valence-electron chi connectivity index (χ4n) is 2.07. The summed E-state index contributed by atoms with van der Waals surface area (Å²) in [4.78, 5) is 8.98. The summed E-state index contributed by atoms with van der Waals surface area (Å²) in [5, 5.41) is 11.3. The highest BCUT2D eigenvalue weighted by Crippen LogP contribution is 2.19. The first kappa shape index (κ1) is 19.2. The third-order valence-electron chi connectivity index (χ3n) is 3.86. The van der Waals surface area contributed by atoms with Gasteiger partial charge in [0, 0.05) is 29.6 Å². The molecule has 0 fully saturated rings. The highest BCUT2D eigenvalue weighted by molar-refractivity contribution is 6.30. The monoisotopic (exact) mass is 363 g/mol. The lowest BCUT2D eigenvalue weighted by atomic mass is 10.1. The minimum absolute atomic E-state index is 0.343. The second kappa shape index (κ2) is 9.42. The van der Waals surface area contributed by atoms with Crippen molar-refractivity contribution >= 4 is 17.6 Å². The molecule has 1 atom stereocenters. The molecule has 2 rings (SSSR count). The van der Waals surface area contributed by atoms with Crippen LogP contribution in [0.2, 0.25) is 5.02 Å². The average molecular weight is 364 g/mol. The van der Waals surface area contributed by atoms with Gasteiger partial charge < -0.3 is 15.2 Å². The molecular weight excluding hydrogens is 338 g/mol. The van der Waals surface area contributed by atoms with Crippen molar-refractivity contribution in [2.24, 2.45) is 10.9 Å². The van der Waals surface area contributed by atoms with E-state index in [0.29, 0.717) is 41.7 Å². The van der Waals surface area contributed by atoms with Gasteiger partial charge in [0.1, 0.15) is 0 Å². The van der Waals surface area contributed by atoms with E-state index in [9.17, 15) is 0 Å². The van der Waals surface area contributed by atoms with Crippen LogP contribution in [0.15, 0.2) is 33.8 Å². The van der Waals surface area contributed by atoms with Crippen LogP contribution in [-0.2, 0) is 6.42 Å². The highest BCUT2D eigenvalue weighted by atomic mass is 35.5. The van der Waals surface area contributed by atoms with Crippen LogP contribution < -0.4 is 10.6 Å². The van der Waals surface area contributed by atoms with Crippen LogP contribution in [0.4, 0.5) is 0 Å². The molecule has 0 spiro atoms. The molecular formula is C18H26ClN5O. The zero-order valence-corrected chi connectivity index (χ0v) is 16.0. The maximum atomic E-state index is 6.00. The van der Waals surface area contributed by atoms with Crippen LogP contribution in [0.25, 0.3) is 11.4 Å². The zero-order valence-electron chi connectivity index (χ0n) is 15.2. The standard InChI is InChI=1S/C18H26ClN5O/c1-5-20-18(22-13(4)12(2)3)21-10-9-16-23-17(24-25-16)14-7-6-8-15(19)11-14/h6-8,11-13H,5,9-10H2,1-4H3,(H2,20,21,22). The topological polar surface area (TPSA) is 75.3 Å². The molecule has 1 aromatic heterocycles. The van der Waals surface area contributed by atoms with Crippen LogP contribution in [0.1, 0.15) is 33.6 Å². The number of rotatable bonds is 7. The quantitative estimate of drug-likeness (QED) is 0.581. The molecule has 25 heavy (non-hydrogen) atoms. The van der Waals surface area contributed by atoms with Crippen LogP contribution in [-0.4, -0.2) is 35.2 Å².